The zero-order valence-electron chi connectivity index (χ0n) is 15.0. The van der Waals surface area contributed by atoms with Crippen LogP contribution in [0.2, 0.25) is 0 Å². The molecule has 118 valence electrons. The van der Waals surface area contributed by atoms with Crippen molar-refractivity contribution in [3.05, 3.63) is 35.4 Å². The van der Waals surface area contributed by atoms with Crippen molar-refractivity contribution in [1.82, 2.24) is 0 Å². The van der Waals surface area contributed by atoms with Crippen LogP contribution in [0.3, 0.4) is 0 Å². The third kappa shape index (κ3) is 15.3. The summed E-state index contributed by atoms with van der Waals surface area (Å²) in [7, 11) is 0. The maximum atomic E-state index is 2.25. The number of aryl methyl sites for hydroxylation is 2. The summed E-state index contributed by atoms with van der Waals surface area (Å²) in [6, 6.07) is 8.87. The van der Waals surface area contributed by atoms with Gasteiger partial charge in [0.05, 0.1) is 0 Å². The van der Waals surface area contributed by atoms with Gasteiger partial charge in [-0.05, 0) is 25.3 Å². The summed E-state index contributed by atoms with van der Waals surface area (Å²) in [6.07, 6.45) is 10.8. The molecule has 1 rings (SSSR count). The van der Waals surface area contributed by atoms with E-state index in [0.29, 0.717) is 0 Å². The van der Waals surface area contributed by atoms with Crippen LogP contribution in [-0.2, 0) is 6.42 Å². The van der Waals surface area contributed by atoms with Gasteiger partial charge in [-0.25, -0.2) is 0 Å². The van der Waals surface area contributed by atoms with Crippen LogP contribution in [0.15, 0.2) is 24.3 Å². The number of benzene rings is 1. The Hall–Kier alpha value is -0.780. The number of rotatable bonds is 7. The molecule has 0 aliphatic carbocycles. The van der Waals surface area contributed by atoms with E-state index >= 15 is 0 Å². The SMILES string of the molecule is CC.CCCCCC.CCCCCc1ccc(C)cc1. The van der Waals surface area contributed by atoms with Gasteiger partial charge in [0, 0.05) is 0 Å². The van der Waals surface area contributed by atoms with E-state index in [4.69, 9.17) is 0 Å². The Labute approximate surface area is 129 Å². The molecule has 0 nitrogen and oxygen atoms in total. The molecule has 0 aliphatic rings. The average molecular weight is 279 g/mol. The quantitative estimate of drug-likeness (QED) is 0.458. The largest absolute Gasteiger partial charge is 0.0683 e. The third-order valence-corrected chi connectivity index (χ3v) is 3.15. The maximum Gasteiger partial charge on any atom is -0.0279 e. The highest BCUT2D eigenvalue weighted by molar-refractivity contribution is 5.21. The normalized spacial score (nSPS) is 9.10. The number of hydrogen-bond donors (Lipinski definition) is 0. The molecule has 1 aromatic rings. The molecule has 0 saturated carbocycles. The molecule has 0 aromatic heterocycles. The fourth-order valence-corrected chi connectivity index (χ4v) is 1.83. The lowest BCUT2D eigenvalue weighted by Gasteiger charge is -2.00. The van der Waals surface area contributed by atoms with Crippen molar-refractivity contribution >= 4 is 0 Å². The maximum absolute atomic E-state index is 2.25. The Morgan fingerprint density at radius 1 is 0.650 bits per heavy atom. The number of unbranched alkanes of at least 4 members (excludes halogenated alkanes) is 5. The van der Waals surface area contributed by atoms with Crippen LogP contribution in [0, 0.1) is 6.92 Å². The van der Waals surface area contributed by atoms with Gasteiger partial charge in [-0.2, -0.15) is 0 Å². The molecular formula is C20H38. The summed E-state index contributed by atoms with van der Waals surface area (Å²) in [5, 5.41) is 0. The van der Waals surface area contributed by atoms with Crippen LogP contribution in [0.5, 0.6) is 0 Å². The van der Waals surface area contributed by atoms with Crippen molar-refractivity contribution in [3.8, 4) is 0 Å². The highest BCUT2D eigenvalue weighted by Crippen LogP contribution is 2.07. The number of hydrogen-bond acceptors (Lipinski definition) is 0. The van der Waals surface area contributed by atoms with Crippen molar-refractivity contribution in [2.24, 2.45) is 0 Å². The van der Waals surface area contributed by atoms with Crippen LogP contribution >= 0.6 is 0 Å². The van der Waals surface area contributed by atoms with Gasteiger partial charge in [0.15, 0.2) is 0 Å². The predicted octanol–water partition coefficient (Wildman–Crippen LogP) is 7.34. The first kappa shape index (κ1) is 21.5. The Morgan fingerprint density at radius 3 is 1.45 bits per heavy atom. The van der Waals surface area contributed by atoms with Crippen LogP contribution in [0.4, 0.5) is 0 Å². The van der Waals surface area contributed by atoms with Crippen molar-refractivity contribution in [1.29, 1.82) is 0 Å². The average Bonchev–Trinajstić information content (AvgIpc) is 2.50. The monoisotopic (exact) mass is 278 g/mol. The molecule has 0 bridgehead atoms. The highest BCUT2D eigenvalue weighted by atomic mass is 14.0. The van der Waals surface area contributed by atoms with Crippen molar-refractivity contribution in [2.75, 3.05) is 0 Å². The van der Waals surface area contributed by atoms with Crippen molar-refractivity contribution in [3.63, 3.8) is 0 Å². The molecular weight excluding hydrogens is 240 g/mol. The van der Waals surface area contributed by atoms with Crippen molar-refractivity contribution in [2.45, 2.75) is 92.9 Å². The smallest absolute Gasteiger partial charge is 0.0279 e. The molecule has 0 radical (unpaired) electrons. The third-order valence-electron chi connectivity index (χ3n) is 3.15. The van der Waals surface area contributed by atoms with Gasteiger partial charge < -0.3 is 0 Å². The van der Waals surface area contributed by atoms with Gasteiger partial charge in [0.1, 0.15) is 0 Å². The molecule has 0 unspecified atom stereocenters. The summed E-state index contributed by atoms with van der Waals surface area (Å²) in [5.41, 5.74) is 2.84. The Bertz CT molecular complexity index is 254. The van der Waals surface area contributed by atoms with E-state index < -0.39 is 0 Å². The van der Waals surface area contributed by atoms with E-state index in [1.165, 1.54) is 62.5 Å². The molecule has 0 heteroatoms. The second-order valence-corrected chi connectivity index (χ2v) is 5.15. The van der Waals surface area contributed by atoms with Gasteiger partial charge in [0.25, 0.3) is 0 Å². The minimum Gasteiger partial charge on any atom is -0.0683 e. The molecule has 0 N–H and O–H groups in total. The van der Waals surface area contributed by atoms with Crippen LogP contribution < -0.4 is 0 Å². The molecule has 0 fully saturated rings. The Balaban J connectivity index is 0. The van der Waals surface area contributed by atoms with E-state index in [2.05, 4.69) is 52.0 Å². The zero-order valence-corrected chi connectivity index (χ0v) is 15.0. The second-order valence-electron chi connectivity index (χ2n) is 5.15. The summed E-state index contributed by atoms with van der Waals surface area (Å²) in [4.78, 5) is 0. The lowest BCUT2D eigenvalue weighted by atomic mass is 10.1. The molecule has 0 spiro atoms. The fraction of sp³-hybridized carbons (Fsp3) is 0.700. The fourth-order valence-electron chi connectivity index (χ4n) is 1.83. The Morgan fingerprint density at radius 2 is 1.05 bits per heavy atom. The standard InChI is InChI=1S/C12H18.C6H14.C2H6/c1-3-4-5-6-12-9-7-11(2)8-10-12;1-3-5-6-4-2;1-2/h7-10H,3-6H2,1-2H3;3-6H2,1-2H3;1-2H3. The van der Waals surface area contributed by atoms with Gasteiger partial charge in [0.2, 0.25) is 0 Å². The summed E-state index contributed by atoms with van der Waals surface area (Å²) >= 11 is 0. The molecule has 0 heterocycles. The minimum atomic E-state index is 1.24. The van der Waals surface area contributed by atoms with E-state index in [1.54, 1.807) is 0 Å². The molecule has 1 aromatic carbocycles. The van der Waals surface area contributed by atoms with Gasteiger partial charge in [-0.15, -0.1) is 0 Å². The molecule has 0 atom stereocenters. The first-order chi connectivity index (χ1) is 9.74. The lowest BCUT2D eigenvalue weighted by Crippen LogP contribution is -1.84. The van der Waals surface area contributed by atoms with E-state index in [-0.39, 0.29) is 0 Å². The van der Waals surface area contributed by atoms with Gasteiger partial charge in [-0.3, -0.25) is 0 Å². The first-order valence-electron chi connectivity index (χ1n) is 8.80. The summed E-state index contributed by atoms with van der Waals surface area (Å²) < 4.78 is 0. The highest BCUT2D eigenvalue weighted by Gasteiger charge is 1.91. The van der Waals surface area contributed by atoms with Gasteiger partial charge >= 0.3 is 0 Å². The van der Waals surface area contributed by atoms with Crippen molar-refractivity contribution < 1.29 is 0 Å². The van der Waals surface area contributed by atoms with E-state index in [9.17, 15) is 0 Å². The molecule has 0 amide bonds. The Kier molecular flexibility index (Phi) is 19.6. The molecule has 0 saturated heterocycles. The van der Waals surface area contributed by atoms with Crippen LogP contribution in [0.25, 0.3) is 0 Å². The van der Waals surface area contributed by atoms with E-state index in [1.807, 2.05) is 13.8 Å². The zero-order chi connectivity index (χ0) is 15.6. The second kappa shape index (κ2) is 18.2. The van der Waals surface area contributed by atoms with E-state index in [0.717, 1.165) is 0 Å². The topological polar surface area (TPSA) is 0 Å². The van der Waals surface area contributed by atoms with Crippen LogP contribution in [-0.4, -0.2) is 0 Å². The first-order valence-corrected chi connectivity index (χ1v) is 8.80. The summed E-state index contributed by atoms with van der Waals surface area (Å²) in [5.74, 6) is 0. The molecule has 0 aliphatic heterocycles. The molecule has 20 heavy (non-hydrogen) atoms. The lowest BCUT2D eigenvalue weighted by molar-refractivity contribution is 0.702. The van der Waals surface area contributed by atoms with Crippen LogP contribution in [0.1, 0.15) is 90.7 Å². The minimum absolute atomic E-state index is 1.24. The predicted molar refractivity (Wildman–Crippen MR) is 95.6 cm³/mol. The van der Waals surface area contributed by atoms with Gasteiger partial charge in [-0.1, -0.05) is 103 Å². The summed E-state index contributed by atoms with van der Waals surface area (Å²) in [6.45, 7) is 12.8.